The van der Waals surface area contributed by atoms with Crippen LogP contribution in [-0.2, 0) is 16.0 Å². The van der Waals surface area contributed by atoms with Gasteiger partial charge in [-0.25, -0.2) is 4.98 Å². The van der Waals surface area contributed by atoms with Crippen molar-refractivity contribution >= 4 is 5.78 Å². The van der Waals surface area contributed by atoms with E-state index >= 15 is 0 Å². The van der Waals surface area contributed by atoms with Crippen LogP contribution in [0.25, 0.3) is 0 Å². The van der Waals surface area contributed by atoms with E-state index in [2.05, 4.69) is 4.98 Å². The molecule has 2 N–H and O–H groups in total. The fourth-order valence-corrected chi connectivity index (χ4v) is 3.08. The number of aromatic nitrogens is 2. The third-order valence-electron chi connectivity index (χ3n) is 4.20. The summed E-state index contributed by atoms with van der Waals surface area (Å²) >= 11 is 0. The van der Waals surface area contributed by atoms with Gasteiger partial charge in [0.2, 0.25) is 0 Å². The van der Waals surface area contributed by atoms with E-state index < -0.39 is 0 Å². The van der Waals surface area contributed by atoms with Gasteiger partial charge >= 0.3 is 0 Å². The zero-order valence-corrected chi connectivity index (χ0v) is 11.6. The number of Topliss-reactive ketones (excluding diaryl/α,β-unsaturated/α-hetero) is 1. The minimum atomic E-state index is -0.238. The highest BCUT2D eigenvalue weighted by molar-refractivity contribution is 5.96. The molecule has 2 fully saturated rings. The standard InChI is InChI=1S/C14H21N3O3/c15-3-4-17-8-12(16-10-17)13(18)11-1-5-20-14(7-11)2-6-19-9-14/h8,10-11H,1-7,9,15H2. The Morgan fingerprint density at radius 3 is 3.20 bits per heavy atom. The molecule has 0 saturated carbocycles. The van der Waals surface area contributed by atoms with Gasteiger partial charge in [-0.2, -0.15) is 0 Å². The Morgan fingerprint density at radius 1 is 1.55 bits per heavy atom. The van der Waals surface area contributed by atoms with E-state index in [1.807, 2.05) is 4.57 Å². The molecule has 6 heteroatoms. The number of carbonyl (C=O) groups is 1. The molecular weight excluding hydrogens is 258 g/mol. The Morgan fingerprint density at radius 2 is 2.45 bits per heavy atom. The number of hydrogen-bond acceptors (Lipinski definition) is 5. The quantitative estimate of drug-likeness (QED) is 0.817. The van der Waals surface area contributed by atoms with Crippen LogP contribution in [0.1, 0.15) is 29.8 Å². The second-order valence-corrected chi connectivity index (χ2v) is 5.67. The molecule has 1 aromatic rings. The molecule has 0 radical (unpaired) electrons. The van der Waals surface area contributed by atoms with Crippen molar-refractivity contribution in [3.05, 3.63) is 18.2 Å². The van der Waals surface area contributed by atoms with Crippen LogP contribution in [0.5, 0.6) is 0 Å². The first-order chi connectivity index (χ1) is 9.72. The summed E-state index contributed by atoms with van der Waals surface area (Å²) in [6.45, 7) is 3.20. The van der Waals surface area contributed by atoms with Crippen molar-refractivity contribution < 1.29 is 14.3 Å². The summed E-state index contributed by atoms with van der Waals surface area (Å²) in [5.74, 6) is 0.113. The Bertz CT molecular complexity index is 480. The minimum Gasteiger partial charge on any atom is -0.378 e. The SMILES string of the molecule is NCCn1cnc(C(=O)C2CCOC3(CCOC3)C2)c1. The smallest absolute Gasteiger partial charge is 0.186 e. The fraction of sp³-hybridized carbons (Fsp3) is 0.714. The van der Waals surface area contributed by atoms with Crippen molar-refractivity contribution in [2.24, 2.45) is 11.7 Å². The van der Waals surface area contributed by atoms with Gasteiger partial charge in [0.1, 0.15) is 5.69 Å². The molecule has 0 bridgehead atoms. The number of nitrogens with two attached hydrogens (primary N) is 1. The topological polar surface area (TPSA) is 79.4 Å². The minimum absolute atomic E-state index is 0.00771. The van der Waals surface area contributed by atoms with Crippen LogP contribution in [0.15, 0.2) is 12.5 Å². The maximum absolute atomic E-state index is 12.6. The summed E-state index contributed by atoms with van der Waals surface area (Å²) in [6.07, 6.45) is 5.87. The van der Waals surface area contributed by atoms with Crippen LogP contribution in [-0.4, -0.2) is 47.3 Å². The Kier molecular flexibility index (Phi) is 3.87. The lowest BCUT2D eigenvalue weighted by Crippen LogP contribution is -2.42. The third-order valence-corrected chi connectivity index (χ3v) is 4.20. The molecule has 0 aromatic carbocycles. The van der Waals surface area contributed by atoms with E-state index in [0.717, 1.165) is 25.9 Å². The zero-order chi connectivity index (χ0) is 14.0. The molecule has 1 aromatic heterocycles. The van der Waals surface area contributed by atoms with Crippen molar-refractivity contribution in [2.75, 3.05) is 26.4 Å². The van der Waals surface area contributed by atoms with Crippen molar-refractivity contribution in [3.8, 4) is 0 Å². The molecular formula is C14H21N3O3. The second kappa shape index (κ2) is 5.63. The molecule has 2 unspecified atom stereocenters. The van der Waals surface area contributed by atoms with Crippen LogP contribution in [0.3, 0.4) is 0 Å². The molecule has 2 atom stereocenters. The third kappa shape index (κ3) is 2.63. The summed E-state index contributed by atoms with van der Waals surface area (Å²) in [4.78, 5) is 16.8. The molecule has 3 rings (SSSR count). The average molecular weight is 279 g/mol. The summed E-state index contributed by atoms with van der Waals surface area (Å²) in [6, 6.07) is 0. The van der Waals surface area contributed by atoms with Crippen molar-refractivity contribution in [2.45, 2.75) is 31.4 Å². The normalized spacial score (nSPS) is 29.9. The summed E-state index contributed by atoms with van der Waals surface area (Å²) in [5.41, 5.74) is 5.81. The van der Waals surface area contributed by atoms with Crippen molar-refractivity contribution in [1.29, 1.82) is 0 Å². The van der Waals surface area contributed by atoms with Crippen molar-refractivity contribution in [3.63, 3.8) is 0 Å². The first-order valence-corrected chi connectivity index (χ1v) is 7.20. The van der Waals surface area contributed by atoms with Crippen LogP contribution in [0, 0.1) is 5.92 Å². The van der Waals surface area contributed by atoms with Crippen LogP contribution in [0.4, 0.5) is 0 Å². The van der Waals surface area contributed by atoms with Gasteiger partial charge in [0, 0.05) is 44.8 Å². The van der Waals surface area contributed by atoms with Gasteiger partial charge in [0.05, 0.1) is 18.5 Å². The molecule has 20 heavy (non-hydrogen) atoms. The van der Waals surface area contributed by atoms with Crippen LogP contribution >= 0.6 is 0 Å². The average Bonchev–Trinajstić information content (AvgIpc) is 3.09. The van der Waals surface area contributed by atoms with Crippen LogP contribution in [0.2, 0.25) is 0 Å². The van der Waals surface area contributed by atoms with Gasteiger partial charge in [-0.1, -0.05) is 0 Å². The van der Waals surface area contributed by atoms with Gasteiger partial charge in [0.15, 0.2) is 5.78 Å². The molecule has 0 amide bonds. The molecule has 0 aliphatic carbocycles. The number of ketones is 1. The monoisotopic (exact) mass is 279 g/mol. The highest BCUT2D eigenvalue weighted by Gasteiger charge is 2.43. The summed E-state index contributed by atoms with van der Waals surface area (Å²) in [7, 11) is 0. The molecule has 2 aliphatic rings. The maximum atomic E-state index is 12.6. The number of ether oxygens (including phenoxy) is 2. The van der Waals surface area contributed by atoms with Crippen molar-refractivity contribution in [1.82, 2.24) is 9.55 Å². The lowest BCUT2D eigenvalue weighted by Gasteiger charge is -2.36. The molecule has 3 heterocycles. The fourth-order valence-electron chi connectivity index (χ4n) is 3.08. The molecule has 6 nitrogen and oxygen atoms in total. The van der Waals surface area contributed by atoms with Gasteiger partial charge in [-0.05, 0) is 12.8 Å². The zero-order valence-electron chi connectivity index (χ0n) is 11.6. The van der Waals surface area contributed by atoms with Gasteiger partial charge < -0.3 is 19.8 Å². The van der Waals surface area contributed by atoms with Gasteiger partial charge in [-0.3, -0.25) is 4.79 Å². The largest absolute Gasteiger partial charge is 0.378 e. The number of rotatable bonds is 4. The molecule has 2 aliphatic heterocycles. The lowest BCUT2D eigenvalue weighted by atomic mass is 9.82. The molecule has 2 saturated heterocycles. The summed E-state index contributed by atoms with van der Waals surface area (Å²) in [5, 5.41) is 0. The highest BCUT2D eigenvalue weighted by atomic mass is 16.6. The van der Waals surface area contributed by atoms with E-state index in [9.17, 15) is 4.79 Å². The molecule has 110 valence electrons. The predicted molar refractivity (Wildman–Crippen MR) is 72.5 cm³/mol. The van der Waals surface area contributed by atoms with E-state index in [-0.39, 0.29) is 17.3 Å². The highest BCUT2D eigenvalue weighted by Crippen LogP contribution is 2.36. The molecule has 1 spiro atoms. The van der Waals surface area contributed by atoms with Crippen LogP contribution < -0.4 is 5.73 Å². The first kappa shape index (κ1) is 13.7. The first-order valence-electron chi connectivity index (χ1n) is 7.20. The number of imidazole rings is 1. The second-order valence-electron chi connectivity index (χ2n) is 5.67. The Hall–Kier alpha value is -1.24. The van der Waals surface area contributed by atoms with Gasteiger partial charge in [0.25, 0.3) is 0 Å². The lowest BCUT2D eigenvalue weighted by molar-refractivity contribution is -0.0921. The number of carbonyl (C=O) groups excluding carboxylic acids is 1. The van der Waals surface area contributed by atoms with Gasteiger partial charge in [-0.15, -0.1) is 0 Å². The van der Waals surface area contributed by atoms with E-state index in [1.165, 1.54) is 0 Å². The number of hydrogen-bond donors (Lipinski definition) is 1. The van der Waals surface area contributed by atoms with E-state index in [4.69, 9.17) is 15.2 Å². The predicted octanol–water partition coefficient (Wildman–Crippen LogP) is 0.610. The van der Waals surface area contributed by atoms with E-state index in [1.54, 1.807) is 12.5 Å². The Balaban J connectivity index is 1.69. The number of nitrogens with zero attached hydrogens (tertiary/aromatic N) is 2. The summed E-state index contributed by atoms with van der Waals surface area (Å²) < 4.78 is 13.2. The Labute approximate surface area is 118 Å². The maximum Gasteiger partial charge on any atom is 0.186 e. The van der Waals surface area contributed by atoms with E-state index in [0.29, 0.717) is 32.0 Å².